The van der Waals surface area contributed by atoms with Gasteiger partial charge in [-0.1, -0.05) is 6.42 Å². The fourth-order valence-corrected chi connectivity index (χ4v) is 3.27. The van der Waals surface area contributed by atoms with E-state index in [-0.39, 0.29) is 40.9 Å². The Balaban J connectivity index is 1.62. The quantitative estimate of drug-likeness (QED) is 0.464. The number of carbonyl (C=O) groups excluding carboxylic acids is 2. The Morgan fingerprint density at radius 3 is 1.39 bits per heavy atom. The van der Waals surface area contributed by atoms with E-state index in [2.05, 4.69) is 0 Å². The van der Waals surface area contributed by atoms with Crippen molar-refractivity contribution in [3.05, 3.63) is 36.4 Å². The van der Waals surface area contributed by atoms with Crippen molar-refractivity contribution in [1.29, 1.82) is 0 Å². The van der Waals surface area contributed by atoms with Gasteiger partial charge >= 0.3 is 11.9 Å². The molecule has 0 heterocycles. The largest absolute Gasteiger partial charge is 0.508 e. The molecule has 148 valence electrons. The van der Waals surface area contributed by atoms with Crippen molar-refractivity contribution in [2.75, 3.05) is 0 Å². The Hall–Kier alpha value is -3.42. The average molecular weight is 388 g/mol. The van der Waals surface area contributed by atoms with Crippen LogP contribution in [0.15, 0.2) is 36.4 Å². The van der Waals surface area contributed by atoms with Crippen LogP contribution in [0.5, 0.6) is 34.5 Å². The van der Waals surface area contributed by atoms with Gasteiger partial charge in [0.15, 0.2) is 0 Å². The summed E-state index contributed by atoms with van der Waals surface area (Å²) < 4.78 is 10.4. The topological polar surface area (TPSA) is 134 Å². The van der Waals surface area contributed by atoms with Gasteiger partial charge in [-0.3, -0.25) is 9.59 Å². The maximum Gasteiger partial charge on any atom is 0.314 e. The first-order chi connectivity index (χ1) is 13.3. The van der Waals surface area contributed by atoms with Crippen LogP contribution in [0.4, 0.5) is 0 Å². The SMILES string of the molecule is O=C(Oc1cc(O)cc(O)c1)C1CCCC(C(=O)Oc2cc(O)cc(O)c2)C1. The van der Waals surface area contributed by atoms with E-state index in [1.54, 1.807) is 0 Å². The number of hydrogen-bond donors (Lipinski definition) is 4. The van der Waals surface area contributed by atoms with Crippen LogP contribution in [0.25, 0.3) is 0 Å². The Morgan fingerprint density at radius 2 is 1.04 bits per heavy atom. The van der Waals surface area contributed by atoms with Crippen LogP contribution >= 0.6 is 0 Å². The van der Waals surface area contributed by atoms with Gasteiger partial charge in [0.05, 0.1) is 11.8 Å². The van der Waals surface area contributed by atoms with Crippen molar-refractivity contribution in [2.45, 2.75) is 25.7 Å². The van der Waals surface area contributed by atoms with E-state index in [1.165, 1.54) is 24.3 Å². The monoisotopic (exact) mass is 388 g/mol. The molecular weight excluding hydrogens is 368 g/mol. The summed E-state index contributed by atoms with van der Waals surface area (Å²) >= 11 is 0. The van der Waals surface area contributed by atoms with Gasteiger partial charge in [0.25, 0.3) is 0 Å². The first-order valence-corrected chi connectivity index (χ1v) is 8.79. The first-order valence-electron chi connectivity index (χ1n) is 8.79. The summed E-state index contributed by atoms with van der Waals surface area (Å²) in [6, 6.07) is 7.06. The molecule has 0 radical (unpaired) electrons. The number of benzene rings is 2. The molecule has 0 bridgehead atoms. The zero-order chi connectivity index (χ0) is 20.3. The van der Waals surface area contributed by atoms with Crippen LogP contribution in [-0.4, -0.2) is 32.4 Å². The number of ether oxygens (including phenoxy) is 2. The molecule has 2 unspecified atom stereocenters. The van der Waals surface area contributed by atoms with Crippen LogP contribution in [-0.2, 0) is 9.59 Å². The molecule has 1 fully saturated rings. The molecule has 1 aliphatic carbocycles. The lowest BCUT2D eigenvalue weighted by molar-refractivity contribution is -0.144. The maximum absolute atomic E-state index is 12.4. The summed E-state index contributed by atoms with van der Waals surface area (Å²) in [7, 11) is 0. The van der Waals surface area contributed by atoms with Gasteiger partial charge in [0.2, 0.25) is 0 Å². The smallest absolute Gasteiger partial charge is 0.314 e. The molecule has 1 saturated carbocycles. The predicted molar refractivity (Wildman–Crippen MR) is 96.3 cm³/mol. The highest BCUT2D eigenvalue weighted by Crippen LogP contribution is 2.34. The van der Waals surface area contributed by atoms with Crippen LogP contribution in [0.2, 0.25) is 0 Å². The second-order valence-electron chi connectivity index (χ2n) is 6.77. The van der Waals surface area contributed by atoms with Crippen LogP contribution in [0, 0.1) is 11.8 Å². The maximum atomic E-state index is 12.4. The average Bonchev–Trinajstić information content (AvgIpc) is 2.60. The van der Waals surface area contributed by atoms with E-state index in [1.807, 2.05) is 0 Å². The predicted octanol–water partition coefficient (Wildman–Crippen LogP) is 2.83. The third-order valence-corrected chi connectivity index (χ3v) is 4.53. The summed E-state index contributed by atoms with van der Waals surface area (Å²) in [6.45, 7) is 0. The molecule has 2 atom stereocenters. The van der Waals surface area contributed by atoms with Gasteiger partial charge in [-0.15, -0.1) is 0 Å². The Kier molecular flexibility index (Phi) is 5.58. The van der Waals surface area contributed by atoms with Crippen LogP contribution in [0.1, 0.15) is 25.7 Å². The lowest BCUT2D eigenvalue weighted by Crippen LogP contribution is -2.31. The molecule has 0 aromatic heterocycles. The summed E-state index contributed by atoms with van der Waals surface area (Å²) in [6.07, 6.45) is 1.93. The fraction of sp³-hybridized carbons (Fsp3) is 0.300. The van der Waals surface area contributed by atoms with Gasteiger partial charge in [0, 0.05) is 36.4 Å². The molecule has 28 heavy (non-hydrogen) atoms. The summed E-state index contributed by atoms with van der Waals surface area (Å²) in [5, 5.41) is 37.9. The van der Waals surface area contributed by atoms with Crippen molar-refractivity contribution < 1.29 is 39.5 Å². The number of aromatic hydroxyl groups is 4. The third-order valence-electron chi connectivity index (χ3n) is 4.53. The molecule has 3 rings (SSSR count). The van der Waals surface area contributed by atoms with E-state index in [0.717, 1.165) is 12.1 Å². The number of hydrogen-bond acceptors (Lipinski definition) is 8. The number of carbonyl (C=O) groups is 2. The molecule has 0 saturated heterocycles. The van der Waals surface area contributed by atoms with Gasteiger partial charge < -0.3 is 29.9 Å². The Labute approximate surface area is 160 Å². The van der Waals surface area contributed by atoms with E-state index < -0.39 is 23.8 Å². The molecular formula is C20H20O8. The van der Waals surface area contributed by atoms with Gasteiger partial charge in [-0.05, 0) is 19.3 Å². The van der Waals surface area contributed by atoms with Crippen molar-refractivity contribution in [2.24, 2.45) is 11.8 Å². The minimum Gasteiger partial charge on any atom is -0.508 e. The van der Waals surface area contributed by atoms with E-state index in [0.29, 0.717) is 19.3 Å². The van der Waals surface area contributed by atoms with Crippen LogP contribution < -0.4 is 9.47 Å². The highest BCUT2D eigenvalue weighted by molar-refractivity contribution is 5.79. The number of phenolic OH excluding ortho intramolecular Hbond substituents is 4. The summed E-state index contributed by atoms with van der Waals surface area (Å²) in [4.78, 5) is 24.8. The second-order valence-corrected chi connectivity index (χ2v) is 6.77. The van der Waals surface area contributed by atoms with Gasteiger partial charge in [-0.25, -0.2) is 0 Å². The summed E-state index contributed by atoms with van der Waals surface area (Å²) in [5.74, 6) is -3.09. The zero-order valence-corrected chi connectivity index (χ0v) is 14.9. The molecule has 2 aromatic carbocycles. The van der Waals surface area contributed by atoms with Crippen LogP contribution in [0.3, 0.4) is 0 Å². The highest BCUT2D eigenvalue weighted by Gasteiger charge is 2.33. The van der Waals surface area contributed by atoms with E-state index >= 15 is 0 Å². The molecule has 8 nitrogen and oxygen atoms in total. The number of esters is 2. The molecule has 2 aromatic rings. The molecule has 0 spiro atoms. The summed E-state index contributed by atoms with van der Waals surface area (Å²) in [5.41, 5.74) is 0. The van der Waals surface area contributed by atoms with Crippen molar-refractivity contribution in [3.8, 4) is 34.5 Å². The normalized spacial score (nSPS) is 19.0. The van der Waals surface area contributed by atoms with Crippen molar-refractivity contribution >= 4 is 11.9 Å². The van der Waals surface area contributed by atoms with E-state index in [9.17, 15) is 30.0 Å². The van der Waals surface area contributed by atoms with Gasteiger partial charge in [-0.2, -0.15) is 0 Å². The second kappa shape index (κ2) is 8.08. The Morgan fingerprint density at radius 1 is 0.679 bits per heavy atom. The molecule has 4 N–H and O–H groups in total. The first kappa shape index (κ1) is 19.3. The minimum absolute atomic E-state index is 0.0161. The molecule has 8 heteroatoms. The number of phenols is 4. The van der Waals surface area contributed by atoms with Gasteiger partial charge in [0.1, 0.15) is 34.5 Å². The third kappa shape index (κ3) is 4.85. The molecule has 1 aliphatic rings. The van der Waals surface area contributed by atoms with E-state index in [4.69, 9.17) is 9.47 Å². The number of rotatable bonds is 4. The fourth-order valence-electron chi connectivity index (χ4n) is 3.27. The standard InChI is InChI=1S/C20H20O8/c21-13-5-14(22)8-17(7-13)27-19(25)11-2-1-3-12(4-11)20(26)28-18-9-15(23)6-16(24)10-18/h5-12,21-24H,1-4H2. The zero-order valence-electron chi connectivity index (χ0n) is 14.9. The highest BCUT2D eigenvalue weighted by atomic mass is 16.5. The van der Waals surface area contributed by atoms with Crippen molar-refractivity contribution in [1.82, 2.24) is 0 Å². The molecule has 0 amide bonds. The lowest BCUT2D eigenvalue weighted by Gasteiger charge is -2.26. The molecule has 0 aliphatic heterocycles. The Bertz CT molecular complexity index is 780. The van der Waals surface area contributed by atoms with Crippen molar-refractivity contribution in [3.63, 3.8) is 0 Å². The lowest BCUT2D eigenvalue weighted by atomic mass is 9.81. The minimum atomic E-state index is -0.558.